The van der Waals surface area contributed by atoms with Gasteiger partial charge in [0.2, 0.25) is 5.91 Å². The van der Waals surface area contributed by atoms with E-state index in [2.05, 4.69) is 17.6 Å². The van der Waals surface area contributed by atoms with Gasteiger partial charge >= 0.3 is 0 Å². The van der Waals surface area contributed by atoms with E-state index in [4.69, 9.17) is 0 Å². The third kappa shape index (κ3) is 2.65. The summed E-state index contributed by atoms with van der Waals surface area (Å²) in [7, 11) is 0. The minimum atomic E-state index is 0.203. The van der Waals surface area contributed by atoms with E-state index in [1.54, 1.807) is 0 Å². The Morgan fingerprint density at radius 2 is 1.88 bits per heavy atom. The van der Waals surface area contributed by atoms with Crippen molar-refractivity contribution in [1.29, 1.82) is 0 Å². The van der Waals surface area contributed by atoms with Gasteiger partial charge in [0.1, 0.15) is 0 Å². The van der Waals surface area contributed by atoms with Gasteiger partial charge in [0, 0.05) is 12.6 Å². The third-order valence-electron chi connectivity index (χ3n) is 4.83. The van der Waals surface area contributed by atoms with E-state index in [0.717, 1.165) is 37.3 Å². The summed E-state index contributed by atoms with van der Waals surface area (Å²) >= 11 is 0. The molecule has 2 aliphatic carbocycles. The van der Waals surface area contributed by atoms with Crippen molar-refractivity contribution in [3.63, 3.8) is 0 Å². The first-order valence-corrected chi connectivity index (χ1v) is 7.27. The fourth-order valence-corrected chi connectivity index (χ4v) is 3.33. The summed E-state index contributed by atoms with van der Waals surface area (Å²) in [5.41, 5.74) is 0. The van der Waals surface area contributed by atoms with Crippen LogP contribution in [0.1, 0.15) is 39.0 Å². The maximum Gasteiger partial charge on any atom is 0.224 e. The van der Waals surface area contributed by atoms with Crippen LogP contribution >= 0.6 is 0 Å². The van der Waals surface area contributed by atoms with Crippen molar-refractivity contribution in [1.82, 2.24) is 10.6 Å². The van der Waals surface area contributed by atoms with E-state index in [1.165, 1.54) is 25.7 Å². The summed E-state index contributed by atoms with van der Waals surface area (Å²) < 4.78 is 0. The van der Waals surface area contributed by atoms with Crippen LogP contribution in [0, 0.1) is 23.7 Å². The van der Waals surface area contributed by atoms with Crippen LogP contribution in [-0.2, 0) is 4.79 Å². The lowest BCUT2D eigenvalue weighted by molar-refractivity contribution is -0.125. The molecule has 2 unspecified atom stereocenters. The van der Waals surface area contributed by atoms with E-state index in [1.807, 2.05) is 0 Å². The molecule has 0 aromatic rings. The first-order valence-electron chi connectivity index (χ1n) is 7.27. The second kappa shape index (κ2) is 4.60. The normalized spacial score (nSPS) is 33.1. The number of hydrogen-bond donors (Lipinski definition) is 2. The van der Waals surface area contributed by atoms with Crippen LogP contribution in [0.15, 0.2) is 0 Å². The molecule has 3 heteroatoms. The first kappa shape index (κ1) is 11.5. The Labute approximate surface area is 104 Å². The summed E-state index contributed by atoms with van der Waals surface area (Å²) in [5.74, 6) is 3.15. The van der Waals surface area contributed by atoms with Gasteiger partial charge in [-0.05, 0) is 63.3 Å². The van der Waals surface area contributed by atoms with Crippen molar-refractivity contribution in [3.8, 4) is 0 Å². The molecule has 0 radical (unpaired) electrons. The standard InChI is InChI=1S/C14H24N2O/c1-9-12(6-7-15-9)14(17)16-8-13(10-2-3-10)11-4-5-11/h9-13,15H,2-8H2,1H3,(H,16,17). The molecule has 0 aromatic carbocycles. The zero-order valence-electron chi connectivity index (χ0n) is 10.7. The molecule has 96 valence electrons. The summed E-state index contributed by atoms with van der Waals surface area (Å²) in [4.78, 5) is 12.1. The molecule has 17 heavy (non-hydrogen) atoms. The van der Waals surface area contributed by atoms with Crippen molar-refractivity contribution in [2.24, 2.45) is 23.7 Å². The molecule has 1 saturated heterocycles. The Bertz CT molecular complexity index is 285. The maximum atomic E-state index is 12.1. The molecule has 1 heterocycles. The molecule has 3 nitrogen and oxygen atoms in total. The highest BCUT2D eigenvalue weighted by Crippen LogP contribution is 2.48. The van der Waals surface area contributed by atoms with Gasteiger partial charge in [0.05, 0.1) is 5.92 Å². The smallest absolute Gasteiger partial charge is 0.224 e. The topological polar surface area (TPSA) is 41.1 Å². The molecule has 2 saturated carbocycles. The van der Waals surface area contributed by atoms with Gasteiger partial charge in [0.15, 0.2) is 0 Å². The van der Waals surface area contributed by atoms with E-state index in [9.17, 15) is 4.79 Å². The van der Waals surface area contributed by atoms with Gasteiger partial charge in [0.25, 0.3) is 0 Å². The van der Waals surface area contributed by atoms with Crippen LogP contribution in [0.4, 0.5) is 0 Å². The molecular formula is C14H24N2O. The number of carbonyl (C=O) groups excluding carboxylic acids is 1. The second-order valence-electron chi connectivity index (χ2n) is 6.22. The zero-order chi connectivity index (χ0) is 11.8. The van der Waals surface area contributed by atoms with Gasteiger partial charge in [-0.15, -0.1) is 0 Å². The predicted octanol–water partition coefficient (Wildman–Crippen LogP) is 1.54. The quantitative estimate of drug-likeness (QED) is 0.760. The first-order chi connectivity index (χ1) is 8.25. The van der Waals surface area contributed by atoms with E-state index in [0.29, 0.717) is 6.04 Å². The highest BCUT2D eigenvalue weighted by Gasteiger charge is 2.41. The van der Waals surface area contributed by atoms with Crippen LogP contribution in [-0.4, -0.2) is 25.0 Å². The largest absolute Gasteiger partial charge is 0.356 e. The van der Waals surface area contributed by atoms with Crippen molar-refractivity contribution >= 4 is 5.91 Å². The third-order valence-corrected chi connectivity index (χ3v) is 4.83. The minimum absolute atomic E-state index is 0.203. The lowest BCUT2D eigenvalue weighted by Gasteiger charge is -2.19. The Morgan fingerprint density at radius 1 is 1.24 bits per heavy atom. The molecule has 3 aliphatic rings. The summed E-state index contributed by atoms with van der Waals surface area (Å²) in [6.45, 7) is 4.06. The van der Waals surface area contributed by atoms with Crippen molar-refractivity contribution in [3.05, 3.63) is 0 Å². The molecule has 0 spiro atoms. The molecule has 3 rings (SSSR count). The highest BCUT2D eigenvalue weighted by atomic mass is 16.1. The van der Waals surface area contributed by atoms with Crippen molar-refractivity contribution in [2.75, 3.05) is 13.1 Å². The fraction of sp³-hybridized carbons (Fsp3) is 0.929. The Balaban J connectivity index is 1.47. The molecule has 0 aromatic heterocycles. The van der Waals surface area contributed by atoms with Crippen LogP contribution in [0.2, 0.25) is 0 Å². The average molecular weight is 236 g/mol. The second-order valence-corrected chi connectivity index (χ2v) is 6.22. The zero-order valence-corrected chi connectivity index (χ0v) is 10.7. The summed E-state index contributed by atoms with van der Waals surface area (Å²) in [6, 6.07) is 0.357. The molecule has 2 N–H and O–H groups in total. The SMILES string of the molecule is CC1NCCC1C(=O)NCC(C1CC1)C1CC1. The molecule has 0 bridgehead atoms. The van der Waals surface area contributed by atoms with Gasteiger partial charge in [-0.3, -0.25) is 4.79 Å². The minimum Gasteiger partial charge on any atom is -0.356 e. The van der Waals surface area contributed by atoms with Crippen LogP contribution in [0.5, 0.6) is 0 Å². The highest BCUT2D eigenvalue weighted by molar-refractivity contribution is 5.79. The van der Waals surface area contributed by atoms with Gasteiger partial charge < -0.3 is 10.6 Å². The van der Waals surface area contributed by atoms with Gasteiger partial charge in [-0.25, -0.2) is 0 Å². The average Bonchev–Trinajstić information content (AvgIpc) is 3.20. The number of nitrogens with one attached hydrogen (secondary N) is 2. The molecule has 3 fully saturated rings. The van der Waals surface area contributed by atoms with E-state index >= 15 is 0 Å². The number of hydrogen-bond acceptors (Lipinski definition) is 2. The molecular weight excluding hydrogens is 212 g/mol. The molecule has 2 atom stereocenters. The van der Waals surface area contributed by atoms with Crippen LogP contribution in [0.3, 0.4) is 0 Å². The van der Waals surface area contributed by atoms with Crippen molar-refractivity contribution in [2.45, 2.75) is 45.1 Å². The van der Waals surface area contributed by atoms with Gasteiger partial charge in [-0.2, -0.15) is 0 Å². The summed E-state index contributed by atoms with van der Waals surface area (Å²) in [5, 5.41) is 6.57. The monoisotopic (exact) mass is 236 g/mol. The molecule has 1 aliphatic heterocycles. The van der Waals surface area contributed by atoms with E-state index in [-0.39, 0.29) is 11.8 Å². The maximum absolute atomic E-state index is 12.1. The lowest BCUT2D eigenvalue weighted by atomic mass is 9.96. The van der Waals surface area contributed by atoms with Gasteiger partial charge in [-0.1, -0.05) is 0 Å². The Hall–Kier alpha value is -0.570. The van der Waals surface area contributed by atoms with Crippen LogP contribution in [0.25, 0.3) is 0 Å². The van der Waals surface area contributed by atoms with E-state index < -0.39 is 0 Å². The number of amides is 1. The number of rotatable bonds is 5. The Kier molecular flexibility index (Phi) is 3.12. The number of carbonyl (C=O) groups is 1. The fourth-order valence-electron chi connectivity index (χ4n) is 3.33. The molecule has 1 amide bonds. The Morgan fingerprint density at radius 3 is 2.35 bits per heavy atom. The lowest BCUT2D eigenvalue weighted by Crippen LogP contribution is -2.39. The predicted molar refractivity (Wildman–Crippen MR) is 67.5 cm³/mol. The van der Waals surface area contributed by atoms with Crippen LogP contribution < -0.4 is 10.6 Å². The van der Waals surface area contributed by atoms with Crippen molar-refractivity contribution < 1.29 is 4.79 Å². The summed E-state index contributed by atoms with van der Waals surface area (Å²) in [6.07, 6.45) is 6.61.